The van der Waals surface area contributed by atoms with Gasteiger partial charge >= 0.3 is 6.18 Å². The van der Waals surface area contributed by atoms with Crippen LogP contribution in [0.25, 0.3) is 0 Å². The van der Waals surface area contributed by atoms with Crippen LogP contribution in [0.4, 0.5) is 17.6 Å². The second-order valence-electron chi connectivity index (χ2n) is 2.97. The molecule has 0 aliphatic rings. The summed E-state index contributed by atoms with van der Waals surface area (Å²) < 4.78 is 50.4. The second-order valence-corrected chi connectivity index (χ2v) is 2.97. The highest BCUT2D eigenvalue weighted by Crippen LogP contribution is 2.33. The molecule has 0 bridgehead atoms. The van der Waals surface area contributed by atoms with Gasteiger partial charge in [0.25, 0.3) is 0 Å². The van der Waals surface area contributed by atoms with Gasteiger partial charge in [0.2, 0.25) is 0 Å². The number of halogens is 4. The van der Waals surface area contributed by atoms with Gasteiger partial charge in [-0.3, -0.25) is 11.3 Å². The van der Waals surface area contributed by atoms with Gasteiger partial charge in [-0.05, 0) is 18.6 Å². The molecule has 6 heteroatoms. The molecule has 2 nitrogen and oxygen atoms in total. The largest absolute Gasteiger partial charge is 0.416 e. The molecule has 0 amide bonds. The van der Waals surface area contributed by atoms with E-state index in [0.29, 0.717) is 0 Å². The minimum atomic E-state index is -4.54. The number of alkyl halides is 3. The molecular weight excluding hydrogens is 212 g/mol. The summed E-state index contributed by atoms with van der Waals surface area (Å²) in [7, 11) is 0. The summed E-state index contributed by atoms with van der Waals surface area (Å²) in [6, 6.07) is 2.90. The summed E-state index contributed by atoms with van der Waals surface area (Å²) >= 11 is 0. The number of nitrogens with two attached hydrogens (primary N) is 1. The van der Waals surface area contributed by atoms with Crippen molar-refractivity contribution in [2.45, 2.75) is 12.6 Å². The molecule has 0 heterocycles. The number of nitrogens with one attached hydrogen (secondary N) is 1. The fourth-order valence-corrected chi connectivity index (χ4v) is 1.28. The Morgan fingerprint density at radius 1 is 1.27 bits per heavy atom. The van der Waals surface area contributed by atoms with Gasteiger partial charge in [0.05, 0.1) is 5.56 Å². The Labute approximate surface area is 84.0 Å². The maximum atomic E-state index is 13.1. The number of rotatable bonds is 3. The van der Waals surface area contributed by atoms with Crippen LogP contribution in [0.2, 0.25) is 0 Å². The first-order valence-corrected chi connectivity index (χ1v) is 4.25. The van der Waals surface area contributed by atoms with Crippen molar-refractivity contribution in [1.82, 2.24) is 5.43 Å². The smallest absolute Gasteiger partial charge is 0.271 e. The SMILES string of the molecule is NNCCc1c(F)cccc1C(F)(F)F. The Kier molecular flexibility index (Phi) is 3.65. The van der Waals surface area contributed by atoms with Gasteiger partial charge in [0.15, 0.2) is 0 Å². The zero-order chi connectivity index (χ0) is 11.5. The van der Waals surface area contributed by atoms with Gasteiger partial charge in [-0.1, -0.05) is 6.07 Å². The van der Waals surface area contributed by atoms with Crippen molar-refractivity contribution in [3.8, 4) is 0 Å². The van der Waals surface area contributed by atoms with E-state index in [9.17, 15) is 17.6 Å². The molecule has 0 radical (unpaired) electrons. The zero-order valence-corrected chi connectivity index (χ0v) is 7.74. The Morgan fingerprint density at radius 3 is 2.47 bits per heavy atom. The Morgan fingerprint density at radius 2 is 1.93 bits per heavy atom. The Bertz CT molecular complexity index is 335. The number of benzene rings is 1. The van der Waals surface area contributed by atoms with Gasteiger partial charge < -0.3 is 0 Å². The lowest BCUT2D eigenvalue weighted by Crippen LogP contribution is -2.25. The van der Waals surface area contributed by atoms with Crippen LogP contribution < -0.4 is 11.3 Å². The molecular formula is C9H10F4N2. The summed E-state index contributed by atoms with van der Waals surface area (Å²) in [5, 5.41) is 0. The van der Waals surface area contributed by atoms with Gasteiger partial charge in [-0.25, -0.2) is 4.39 Å². The molecule has 1 aromatic carbocycles. The van der Waals surface area contributed by atoms with E-state index in [2.05, 4.69) is 5.43 Å². The van der Waals surface area contributed by atoms with E-state index in [1.54, 1.807) is 0 Å². The van der Waals surface area contributed by atoms with Crippen LogP contribution in [0.3, 0.4) is 0 Å². The Hall–Kier alpha value is -1.14. The topological polar surface area (TPSA) is 38.0 Å². The maximum absolute atomic E-state index is 13.1. The van der Waals surface area contributed by atoms with Gasteiger partial charge in [-0.15, -0.1) is 0 Å². The summed E-state index contributed by atoms with van der Waals surface area (Å²) in [4.78, 5) is 0. The van der Waals surface area contributed by atoms with Crippen molar-refractivity contribution >= 4 is 0 Å². The third-order valence-electron chi connectivity index (χ3n) is 1.94. The summed E-state index contributed by atoms with van der Waals surface area (Å²) in [6.07, 6.45) is -4.63. The van der Waals surface area contributed by atoms with E-state index in [4.69, 9.17) is 5.84 Å². The standard InChI is InChI=1S/C9H10F4N2/c10-8-3-1-2-7(9(11,12)13)6(8)4-5-15-14/h1-3,15H,4-5,14H2. The van der Waals surface area contributed by atoms with E-state index in [-0.39, 0.29) is 18.5 Å². The van der Waals surface area contributed by atoms with Crippen LogP contribution in [0.1, 0.15) is 11.1 Å². The highest BCUT2D eigenvalue weighted by Gasteiger charge is 2.33. The van der Waals surface area contributed by atoms with E-state index >= 15 is 0 Å². The fraction of sp³-hybridized carbons (Fsp3) is 0.333. The van der Waals surface area contributed by atoms with Gasteiger partial charge in [0, 0.05) is 12.1 Å². The number of hydrogen-bond donors (Lipinski definition) is 2. The molecule has 1 aromatic rings. The minimum absolute atomic E-state index is 0.0873. The third-order valence-corrected chi connectivity index (χ3v) is 1.94. The lowest BCUT2D eigenvalue weighted by Gasteiger charge is -2.13. The summed E-state index contributed by atoms with van der Waals surface area (Å²) in [6.45, 7) is 0.0873. The molecule has 15 heavy (non-hydrogen) atoms. The molecule has 0 saturated carbocycles. The molecule has 84 valence electrons. The predicted molar refractivity (Wildman–Crippen MR) is 47.3 cm³/mol. The molecule has 0 aliphatic carbocycles. The molecule has 0 aromatic heterocycles. The van der Waals surface area contributed by atoms with Crippen LogP contribution >= 0.6 is 0 Å². The third kappa shape index (κ3) is 2.90. The normalized spacial score (nSPS) is 11.8. The average Bonchev–Trinajstić information content (AvgIpc) is 2.14. The monoisotopic (exact) mass is 222 g/mol. The van der Waals surface area contributed by atoms with E-state index < -0.39 is 17.6 Å². The molecule has 0 unspecified atom stereocenters. The lowest BCUT2D eigenvalue weighted by molar-refractivity contribution is -0.138. The minimum Gasteiger partial charge on any atom is -0.271 e. The van der Waals surface area contributed by atoms with Crippen molar-refractivity contribution in [3.63, 3.8) is 0 Å². The summed E-state index contributed by atoms with van der Waals surface area (Å²) in [5.41, 5.74) is 0.883. The molecule has 0 saturated heterocycles. The number of hydrogen-bond acceptors (Lipinski definition) is 2. The fourth-order valence-electron chi connectivity index (χ4n) is 1.28. The zero-order valence-electron chi connectivity index (χ0n) is 7.74. The van der Waals surface area contributed by atoms with Crippen LogP contribution in [-0.2, 0) is 12.6 Å². The Balaban J connectivity index is 3.09. The van der Waals surface area contributed by atoms with E-state index in [1.807, 2.05) is 0 Å². The van der Waals surface area contributed by atoms with Crippen molar-refractivity contribution in [1.29, 1.82) is 0 Å². The first-order chi connectivity index (χ1) is 6.96. The molecule has 0 aliphatic heterocycles. The maximum Gasteiger partial charge on any atom is 0.416 e. The van der Waals surface area contributed by atoms with Gasteiger partial charge in [0.1, 0.15) is 5.82 Å². The highest BCUT2D eigenvalue weighted by atomic mass is 19.4. The first kappa shape index (κ1) is 11.9. The van der Waals surface area contributed by atoms with Crippen LogP contribution in [0.15, 0.2) is 18.2 Å². The predicted octanol–water partition coefficient (Wildman–Crippen LogP) is 1.85. The summed E-state index contributed by atoms with van der Waals surface area (Å²) in [5.74, 6) is 4.07. The molecule has 0 atom stereocenters. The van der Waals surface area contributed by atoms with Crippen molar-refractivity contribution in [2.75, 3.05) is 6.54 Å². The highest BCUT2D eigenvalue weighted by molar-refractivity contribution is 5.31. The average molecular weight is 222 g/mol. The van der Waals surface area contributed by atoms with Crippen molar-refractivity contribution in [3.05, 3.63) is 35.1 Å². The molecule has 3 N–H and O–H groups in total. The van der Waals surface area contributed by atoms with E-state index in [1.165, 1.54) is 0 Å². The molecule has 0 fully saturated rings. The van der Waals surface area contributed by atoms with Gasteiger partial charge in [-0.2, -0.15) is 13.2 Å². The van der Waals surface area contributed by atoms with E-state index in [0.717, 1.165) is 18.2 Å². The lowest BCUT2D eigenvalue weighted by atomic mass is 10.0. The number of hydrazine groups is 1. The van der Waals surface area contributed by atoms with Crippen LogP contribution in [-0.4, -0.2) is 6.54 Å². The first-order valence-electron chi connectivity index (χ1n) is 4.25. The molecule has 1 rings (SSSR count). The van der Waals surface area contributed by atoms with Crippen LogP contribution in [0, 0.1) is 5.82 Å². The van der Waals surface area contributed by atoms with Crippen molar-refractivity contribution in [2.24, 2.45) is 5.84 Å². The van der Waals surface area contributed by atoms with Crippen molar-refractivity contribution < 1.29 is 17.6 Å². The quantitative estimate of drug-likeness (QED) is 0.465. The molecule has 0 spiro atoms. The second kappa shape index (κ2) is 4.59. The van der Waals surface area contributed by atoms with Crippen LogP contribution in [0.5, 0.6) is 0 Å².